The minimum Gasteiger partial charge on any atom is -0.370 e. The van der Waals surface area contributed by atoms with E-state index in [4.69, 9.17) is 0 Å². The van der Waals surface area contributed by atoms with Gasteiger partial charge in [-0.05, 0) is 63.5 Å². The molecule has 0 unspecified atom stereocenters. The summed E-state index contributed by atoms with van der Waals surface area (Å²) in [5.74, 6) is 1.81. The van der Waals surface area contributed by atoms with Gasteiger partial charge in [-0.2, -0.15) is 9.61 Å². The van der Waals surface area contributed by atoms with E-state index in [0.717, 1.165) is 23.9 Å². The quantitative estimate of drug-likeness (QED) is 0.913. The molecule has 102 valence electrons. The van der Waals surface area contributed by atoms with Gasteiger partial charge >= 0.3 is 0 Å². The number of aromatic nitrogens is 3. The van der Waals surface area contributed by atoms with Crippen LogP contribution in [0.1, 0.15) is 18.4 Å². The summed E-state index contributed by atoms with van der Waals surface area (Å²) in [6.45, 7) is 5.53. The number of nitrogens with zero attached hydrogens (tertiary/aromatic N) is 4. The van der Waals surface area contributed by atoms with Gasteiger partial charge in [0.15, 0.2) is 5.65 Å². The fraction of sp³-hybridized carbons (Fsp3) is 0.571. The predicted molar refractivity (Wildman–Crippen MR) is 76.4 cm³/mol. The second-order valence-corrected chi connectivity index (χ2v) is 5.58. The average molecular weight is 259 g/mol. The Bertz CT molecular complexity index is 554. The lowest BCUT2D eigenvalue weighted by Crippen LogP contribution is -2.33. The Labute approximate surface area is 113 Å². The maximum atomic E-state index is 4.27. The van der Waals surface area contributed by atoms with Crippen molar-refractivity contribution in [2.75, 3.05) is 32.0 Å². The minimum atomic E-state index is 0.760. The number of piperidine rings is 1. The molecule has 1 N–H and O–H groups in total. The molecular formula is C14H21N5. The van der Waals surface area contributed by atoms with Crippen LogP contribution in [0.15, 0.2) is 18.5 Å². The highest BCUT2D eigenvalue weighted by Gasteiger charge is 2.16. The predicted octanol–water partition coefficient (Wildman–Crippen LogP) is 1.79. The topological polar surface area (TPSA) is 45.5 Å². The van der Waals surface area contributed by atoms with Crippen LogP contribution in [0.3, 0.4) is 0 Å². The first-order chi connectivity index (χ1) is 9.22. The van der Waals surface area contributed by atoms with Crippen molar-refractivity contribution in [2.45, 2.75) is 19.8 Å². The van der Waals surface area contributed by atoms with Crippen LogP contribution in [-0.4, -0.2) is 46.2 Å². The molecule has 5 heteroatoms. The lowest BCUT2D eigenvalue weighted by atomic mass is 9.97. The van der Waals surface area contributed by atoms with Gasteiger partial charge in [0.2, 0.25) is 0 Å². The number of rotatable bonds is 3. The Morgan fingerprint density at radius 1 is 1.32 bits per heavy atom. The summed E-state index contributed by atoms with van der Waals surface area (Å²) in [4.78, 5) is 6.65. The molecule has 2 aromatic rings. The van der Waals surface area contributed by atoms with Crippen molar-refractivity contribution >= 4 is 11.5 Å². The number of hydrogen-bond acceptors (Lipinski definition) is 4. The molecule has 0 radical (unpaired) electrons. The molecule has 0 aliphatic carbocycles. The number of hydrogen-bond donors (Lipinski definition) is 1. The lowest BCUT2D eigenvalue weighted by Gasteiger charge is -2.29. The van der Waals surface area contributed by atoms with Gasteiger partial charge in [-0.15, -0.1) is 0 Å². The van der Waals surface area contributed by atoms with Gasteiger partial charge in [0.25, 0.3) is 0 Å². The van der Waals surface area contributed by atoms with Crippen LogP contribution in [0.25, 0.3) is 5.65 Å². The van der Waals surface area contributed by atoms with Crippen LogP contribution in [-0.2, 0) is 0 Å². The molecule has 3 heterocycles. The van der Waals surface area contributed by atoms with Gasteiger partial charge in [0.05, 0.1) is 0 Å². The second-order valence-electron chi connectivity index (χ2n) is 5.58. The van der Waals surface area contributed by atoms with Crippen LogP contribution < -0.4 is 5.32 Å². The van der Waals surface area contributed by atoms with E-state index in [2.05, 4.69) is 40.3 Å². The van der Waals surface area contributed by atoms with E-state index in [1.807, 2.05) is 10.6 Å². The fourth-order valence-corrected chi connectivity index (χ4v) is 2.70. The third-order valence-corrected chi connectivity index (χ3v) is 3.93. The molecule has 0 saturated carbocycles. The van der Waals surface area contributed by atoms with Crippen molar-refractivity contribution < 1.29 is 0 Å². The summed E-state index contributed by atoms with van der Waals surface area (Å²) < 4.78 is 1.88. The Morgan fingerprint density at radius 2 is 2.11 bits per heavy atom. The van der Waals surface area contributed by atoms with Crippen LogP contribution in [0.4, 0.5) is 5.82 Å². The van der Waals surface area contributed by atoms with Crippen molar-refractivity contribution in [1.29, 1.82) is 0 Å². The Kier molecular flexibility index (Phi) is 3.38. The Morgan fingerprint density at radius 3 is 2.89 bits per heavy atom. The number of likely N-dealkylation sites (tertiary alicyclic amines) is 1. The van der Waals surface area contributed by atoms with Crippen molar-refractivity contribution in [1.82, 2.24) is 19.5 Å². The van der Waals surface area contributed by atoms with E-state index in [9.17, 15) is 0 Å². The largest absolute Gasteiger partial charge is 0.370 e. The molecule has 0 spiro atoms. The summed E-state index contributed by atoms with van der Waals surface area (Å²) in [6.07, 6.45) is 4.15. The average Bonchev–Trinajstić information content (AvgIpc) is 2.85. The minimum absolute atomic E-state index is 0.760. The molecule has 19 heavy (non-hydrogen) atoms. The maximum Gasteiger partial charge on any atom is 0.157 e. The molecule has 1 aliphatic heterocycles. The smallest absolute Gasteiger partial charge is 0.157 e. The SMILES string of the molecule is Cc1cc(NCC2CCN(C)CC2)n2ncnc2c1. The van der Waals surface area contributed by atoms with Gasteiger partial charge in [0, 0.05) is 6.54 Å². The van der Waals surface area contributed by atoms with Crippen molar-refractivity contribution in [3.63, 3.8) is 0 Å². The molecule has 0 amide bonds. The number of nitrogens with one attached hydrogen (secondary N) is 1. The highest BCUT2D eigenvalue weighted by molar-refractivity contribution is 5.51. The van der Waals surface area contributed by atoms with Crippen LogP contribution in [0.5, 0.6) is 0 Å². The third kappa shape index (κ3) is 2.71. The van der Waals surface area contributed by atoms with E-state index < -0.39 is 0 Å². The summed E-state index contributed by atoms with van der Waals surface area (Å²) in [5.41, 5.74) is 2.12. The highest BCUT2D eigenvalue weighted by Crippen LogP contribution is 2.18. The van der Waals surface area contributed by atoms with Crippen LogP contribution in [0.2, 0.25) is 0 Å². The molecule has 1 aliphatic rings. The Hall–Kier alpha value is -1.62. The summed E-state index contributed by atoms with van der Waals surface area (Å²) in [6, 6.07) is 4.18. The number of aryl methyl sites for hydroxylation is 1. The first-order valence-corrected chi connectivity index (χ1v) is 6.95. The van der Waals surface area contributed by atoms with Gasteiger partial charge in [-0.25, -0.2) is 4.98 Å². The molecule has 0 atom stereocenters. The van der Waals surface area contributed by atoms with Crippen LogP contribution >= 0.6 is 0 Å². The van der Waals surface area contributed by atoms with E-state index in [1.54, 1.807) is 6.33 Å². The molecular weight excluding hydrogens is 238 g/mol. The zero-order chi connectivity index (χ0) is 13.2. The van der Waals surface area contributed by atoms with E-state index in [0.29, 0.717) is 0 Å². The van der Waals surface area contributed by atoms with E-state index >= 15 is 0 Å². The molecule has 0 aromatic carbocycles. The molecule has 5 nitrogen and oxygen atoms in total. The van der Waals surface area contributed by atoms with Gasteiger partial charge < -0.3 is 10.2 Å². The zero-order valence-corrected chi connectivity index (χ0v) is 11.6. The summed E-state index contributed by atoms with van der Waals surface area (Å²) >= 11 is 0. The van der Waals surface area contributed by atoms with Gasteiger partial charge in [-0.1, -0.05) is 0 Å². The van der Waals surface area contributed by atoms with E-state index in [-0.39, 0.29) is 0 Å². The molecule has 0 bridgehead atoms. The first-order valence-electron chi connectivity index (χ1n) is 6.95. The summed E-state index contributed by atoms with van der Waals surface area (Å²) in [5, 5.41) is 7.81. The summed E-state index contributed by atoms with van der Waals surface area (Å²) in [7, 11) is 2.20. The standard InChI is InChI=1S/C14H21N5/c1-11-7-13(19-14(8-11)16-10-17-19)15-9-12-3-5-18(2)6-4-12/h7-8,10,12,15H,3-6,9H2,1-2H3. The lowest BCUT2D eigenvalue weighted by molar-refractivity contribution is 0.226. The monoisotopic (exact) mass is 259 g/mol. The number of fused-ring (bicyclic) bond motifs is 1. The van der Waals surface area contributed by atoms with Crippen LogP contribution in [0, 0.1) is 12.8 Å². The normalized spacial score (nSPS) is 18.0. The molecule has 1 saturated heterocycles. The molecule has 3 rings (SSSR count). The third-order valence-electron chi connectivity index (χ3n) is 3.93. The second kappa shape index (κ2) is 5.17. The van der Waals surface area contributed by atoms with Crippen molar-refractivity contribution in [3.05, 3.63) is 24.0 Å². The van der Waals surface area contributed by atoms with E-state index in [1.165, 1.54) is 31.5 Å². The van der Waals surface area contributed by atoms with Crippen molar-refractivity contribution in [3.8, 4) is 0 Å². The number of anilines is 1. The Balaban J connectivity index is 1.69. The van der Waals surface area contributed by atoms with Gasteiger partial charge in [-0.3, -0.25) is 0 Å². The van der Waals surface area contributed by atoms with Gasteiger partial charge in [0.1, 0.15) is 12.1 Å². The zero-order valence-electron chi connectivity index (χ0n) is 11.6. The maximum absolute atomic E-state index is 4.27. The highest BCUT2D eigenvalue weighted by atomic mass is 15.3. The molecule has 1 fully saturated rings. The number of pyridine rings is 1. The molecule has 2 aromatic heterocycles. The first kappa shape index (κ1) is 12.4. The fourth-order valence-electron chi connectivity index (χ4n) is 2.70. The van der Waals surface area contributed by atoms with Crippen molar-refractivity contribution in [2.24, 2.45) is 5.92 Å².